The van der Waals surface area contributed by atoms with Crippen molar-refractivity contribution in [3.63, 3.8) is 0 Å². The van der Waals surface area contributed by atoms with Crippen molar-refractivity contribution in [3.05, 3.63) is 0 Å². The van der Waals surface area contributed by atoms with Gasteiger partial charge >= 0.3 is 16.3 Å². The maximum atomic E-state index is 11.2. The van der Waals surface area contributed by atoms with Crippen molar-refractivity contribution in [1.29, 1.82) is 5.26 Å². The average molecular weight is 205 g/mol. The first-order valence-corrected chi connectivity index (χ1v) is 4.83. The van der Waals surface area contributed by atoms with E-state index in [0.717, 1.165) is 0 Å². The first-order chi connectivity index (χ1) is 6.08. The number of cyclic esters (lactones) is 1. The summed E-state index contributed by atoms with van der Waals surface area (Å²) in [6, 6.07) is 1.59. The molecule has 1 N–H and O–H groups in total. The third-order valence-corrected chi connectivity index (χ3v) is 2.77. The fraction of sp³-hybridized carbons (Fsp3) is 0.600. The predicted octanol–water partition coefficient (Wildman–Crippen LogP) is -1.20. The Hall–Kier alpha value is -1.33. The second-order valence-corrected chi connectivity index (χ2v) is 3.85. The third-order valence-electron chi connectivity index (χ3n) is 1.35. The molecule has 0 radical (unpaired) electrons. The van der Waals surface area contributed by atoms with Crippen LogP contribution >= 0.6 is 0 Å². The number of nitrogens with zero attached hydrogens (tertiary/aromatic N) is 2. The van der Waals surface area contributed by atoms with Crippen LogP contribution in [-0.4, -0.2) is 38.5 Å². The summed E-state index contributed by atoms with van der Waals surface area (Å²) in [5.74, 6) is 0. The summed E-state index contributed by atoms with van der Waals surface area (Å²) in [5, 5.41) is 8.13. The molecule has 1 rings (SSSR count). The summed E-state index contributed by atoms with van der Waals surface area (Å²) in [4.78, 5) is 10.8. The van der Waals surface area contributed by atoms with E-state index in [2.05, 4.69) is 4.74 Å². The smallest absolute Gasteiger partial charge is 0.424 e. The molecule has 8 heteroatoms. The Morgan fingerprint density at radius 2 is 2.38 bits per heavy atom. The lowest BCUT2D eigenvalue weighted by atomic mass is 10.7. The molecule has 1 aliphatic rings. The van der Waals surface area contributed by atoms with E-state index in [-0.39, 0.29) is 19.7 Å². The van der Waals surface area contributed by atoms with E-state index in [4.69, 9.17) is 5.26 Å². The van der Waals surface area contributed by atoms with Crippen LogP contribution in [0.2, 0.25) is 0 Å². The largest absolute Gasteiger partial charge is 0.447 e. The van der Waals surface area contributed by atoms with Gasteiger partial charge < -0.3 is 4.74 Å². The van der Waals surface area contributed by atoms with Crippen molar-refractivity contribution in [2.75, 3.05) is 19.7 Å². The van der Waals surface area contributed by atoms with Gasteiger partial charge in [0.05, 0.1) is 19.2 Å². The van der Waals surface area contributed by atoms with Crippen molar-refractivity contribution in [3.8, 4) is 6.07 Å². The molecule has 0 unspecified atom stereocenters. The number of amides is 1. The van der Waals surface area contributed by atoms with Gasteiger partial charge in [-0.05, 0) is 0 Å². The molecule has 72 valence electrons. The predicted molar refractivity (Wildman–Crippen MR) is 40.6 cm³/mol. The van der Waals surface area contributed by atoms with Crippen LogP contribution in [0.1, 0.15) is 0 Å². The van der Waals surface area contributed by atoms with Gasteiger partial charge in [-0.25, -0.2) is 4.79 Å². The molecule has 1 aliphatic heterocycles. The first kappa shape index (κ1) is 9.76. The maximum absolute atomic E-state index is 11.2. The van der Waals surface area contributed by atoms with Gasteiger partial charge in [-0.3, -0.25) is 0 Å². The highest BCUT2D eigenvalue weighted by atomic mass is 32.2. The van der Waals surface area contributed by atoms with Crippen LogP contribution in [0, 0.1) is 11.3 Å². The van der Waals surface area contributed by atoms with Crippen LogP contribution in [0.25, 0.3) is 0 Å². The minimum atomic E-state index is -3.89. The molecular formula is C5H7N3O4S. The van der Waals surface area contributed by atoms with E-state index < -0.39 is 16.3 Å². The van der Waals surface area contributed by atoms with E-state index in [9.17, 15) is 13.2 Å². The van der Waals surface area contributed by atoms with Crippen molar-refractivity contribution in [2.45, 2.75) is 0 Å². The number of carbonyl (C=O) groups excluding carboxylic acids is 1. The summed E-state index contributed by atoms with van der Waals surface area (Å²) in [7, 11) is -3.89. The molecule has 1 heterocycles. The Kier molecular flexibility index (Phi) is 2.69. The number of carbonyl (C=O) groups is 1. The quantitative estimate of drug-likeness (QED) is 0.583. The number of nitriles is 1. The van der Waals surface area contributed by atoms with Crippen LogP contribution < -0.4 is 4.72 Å². The summed E-state index contributed by atoms with van der Waals surface area (Å²) in [5.41, 5.74) is 0. The number of ether oxygens (including phenoxy) is 1. The lowest BCUT2D eigenvalue weighted by Gasteiger charge is -2.11. The molecule has 0 aromatic rings. The molecule has 1 saturated heterocycles. The Bertz CT molecular complexity index is 343. The highest BCUT2D eigenvalue weighted by Crippen LogP contribution is 2.07. The van der Waals surface area contributed by atoms with E-state index in [0.29, 0.717) is 4.31 Å². The Labute approximate surface area is 75.1 Å². The lowest BCUT2D eigenvalue weighted by molar-refractivity contribution is 0.170. The van der Waals surface area contributed by atoms with Gasteiger partial charge in [-0.1, -0.05) is 0 Å². The van der Waals surface area contributed by atoms with Gasteiger partial charge in [0.25, 0.3) is 0 Å². The molecule has 1 fully saturated rings. The van der Waals surface area contributed by atoms with Crippen LogP contribution in [0.5, 0.6) is 0 Å². The Morgan fingerprint density at radius 1 is 1.69 bits per heavy atom. The molecule has 0 spiro atoms. The maximum Gasteiger partial charge on any atom is 0.424 e. The van der Waals surface area contributed by atoms with Crippen molar-refractivity contribution < 1.29 is 17.9 Å². The fourth-order valence-electron chi connectivity index (χ4n) is 0.799. The highest BCUT2D eigenvalue weighted by molar-refractivity contribution is 7.87. The number of hydrogen-bond donors (Lipinski definition) is 1. The Morgan fingerprint density at radius 3 is 2.85 bits per heavy atom. The minimum absolute atomic E-state index is 0.0143. The van der Waals surface area contributed by atoms with E-state index in [1.165, 1.54) is 0 Å². The second kappa shape index (κ2) is 3.59. The van der Waals surface area contributed by atoms with E-state index in [1.54, 1.807) is 6.07 Å². The average Bonchev–Trinajstić information content (AvgIpc) is 2.48. The zero-order chi connectivity index (χ0) is 9.90. The minimum Gasteiger partial charge on any atom is -0.447 e. The molecule has 0 aliphatic carbocycles. The third kappa shape index (κ3) is 2.07. The molecule has 7 nitrogen and oxygen atoms in total. The monoisotopic (exact) mass is 205 g/mol. The fourth-order valence-corrected chi connectivity index (χ4v) is 1.77. The van der Waals surface area contributed by atoms with Crippen LogP contribution in [-0.2, 0) is 14.9 Å². The second-order valence-electron chi connectivity index (χ2n) is 2.17. The van der Waals surface area contributed by atoms with Gasteiger partial charge in [0.15, 0.2) is 0 Å². The van der Waals surface area contributed by atoms with E-state index >= 15 is 0 Å². The number of hydrogen-bond acceptors (Lipinski definition) is 5. The summed E-state index contributed by atoms with van der Waals surface area (Å²) in [6.45, 7) is -0.335. The zero-order valence-corrected chi connectivity index (χ0v) is 7.37. The first-order valence-electron chi connectivity index (χ1n) is 3.39. The lowest BCUT2D eigenvalue weighted by Crippen LogP contribution is -2.41. The molecule has 0 aromatic carbocycles. The summed E-state index contributed by atoms with van der Waals surface area (Å²) in [6.07, 6.45) is -0.912. The van der Waals surface area contributed by atoms with Gasteiger partial charge in [-0.2, -0.15) is 22.7 Å². The molecule has 1 amide bonds. The normalized spacial score (nSPS) is 16.8. The molecule has 0 saturated carbocycles. The standard InChI is InChI=1S/C5H7N3O4S/c6-1-2-7-13(10,11)8-3-4-12-5(8)9/h7H,2-4H2. The molecular weight excluding hydrogens is 198 g/mol. The van der Waals surface area contributed by atoms with Crippen molar-refractivity contribution in [1.82, 2.24) is 9.03 Å². The van der Waals surface area contributed by atoms with Crippen molar-refractivity contribution in [2.24, 2.45) is 0 Å². The number of rotatable bonds is 3. The molecule has 0 bridgehead atoms. The topological polar surface area (TPSA) is 99.5 Å². The molecule has 0 aromatic heterocycles. The zero-order valence-electron chi connectivity index (χ0n) is 6.56. The van der Waals surface area contributed by atoms with Crippen molar-refractivity contribution >= 4 is 16.3 Å². The molecule has 0 atom stereocenters. The van der Waals surface area contributed by atoms with Gasteiger partial charge in [0.1, 0.15) is 6.61 Å². The summed E-state index contributed by atoms with van der Waals surface area (Å²) >= 11 is 0. The SMILES string of the molecule is N#CCNS(=O)(=O)N1CCOC1=O. The van der Waals surface area contributed by atoms with Gasteiger partial charge in [-0.15, -0.1) is 0 Å². The Balaban J connectivity index is 2.70. The van der Waals surface area contributed by atoms with Gasteiger partial charge in [0, 0.05) is 0 Å². The summed E-state index contributed by atoms with van der Waals surface area (Å²) < 4.78 is 29.2. The van der Waals surface area contributed by atoms with Crippen LogP contribution in [0.4, 0.5) is 4.79 Å². The van der Waals surface area contributed by atoms with Crippen LogP contribution in [0.3, 0.4) is 0 Å². The van der Waals surface area contributed by atoms with E-state index in [1.807, 2.05) is 4.72 Å². The number of nitrogens with one attached hydrogen (secondary N) is 1. The highest BCUT2D eigenvalue weighted by Gasteiger charge is 2.32. The van der Waals surface area contributed by atoms with Crippen LogP contribution in [0.15, 0.2) is 0 Å². The van der Waals surface area contributed by atoms with Gasteiger partial charge in [0.2, 0.25) is 0 Å². The molecule has 13 heavy (non-hydrogen) atoms.